The first-order valence-corrected chi connectivity index (χ1v) is 6.16. The van der Waals surface area contributed by atoms with Gasteiger partial charge in [-0.05, 0) is 17.7 Å². The van der Waals surface area contributed by atoms with Gasteiger partial charge in [-0.1, -0.05) is 19.9 Å². The van der Waals surface area contributed by atoms with E-state index in [9.17, 15) is 4.79 Å². The van der Waals surface area contributed by atoms with Crippen LogP contribution in [0.25, 0.3) is 0 Å². The van der Waals surface area contributed by atoms with E-state index in [1.807, 2.05) is 26.0 Å². The zero-order valence-electron chi connectivity index (χ0n) is 11.5. The molecule has 0 fully saturated rings. The normalized spacial score (nSPS) is 17.1. The molecule has 0 saturated carbocycles. The van der Waals surface area contributed by atoms with Gasteiger partial charge in [0.15, 0.2) is 5.96 Å². The number of guanidine groups is 2. The molecule has 0 radical (unpaired) electrons. The molecule has 1 aliphatic heterocycles. The summed E-state index contributed by atoms with van der Waals surface area (Å²) in [7, 11) is 0. The second-order valence-electron chi connectivity index (χ2n) is 5.35. The van der Waals surface area contributed by atoms with E-state index in [-0.39, 0.29) is 23.2 Å². The first-order valence-electron chi connectivity index (χ1n) is 6.16. The van der Waals surface area contributed by atoms with Gasteiger partial charge in [-0.2, -0.15) is 4.99 Å². The molecule has 0 aliphatic carbocycles. The molecule has 0 atom stereocenters. The maximum absolute atomic E-state index is 11.7. The molecule has 1 heterocycles. The molecular weight excluding hydrogens is 256 g/mol. The van der Waals surface area contributed by atoms with Gasteiger partial charge < -0.3 is 22.5 Å². The van der Waals surface area contributed by atoms with E-state index in [4.69, 9.17) is 17.2 Å². The molecule has 0 aromatic heterocycles. The number of carbonyl (C=O) groups excluding carboxylic acids is 1. The van der Waals surface area contributed by atoms with Crippen molar-refractivity contribution in [1.82, 2.24) is 0 Å². The Hall–Kier alpha value is -2.57. The predicted molar refractivity (Wildman–Crippen MR) is 79.8 cm³/mol. The molecule has 0 saturated heterocycles. The number of hydrogen-bond donors (Lipinski definition) is 4. The van der Waals surface area contributed by atoms with Crippen LogP contribution in [0.5, 0.6) is 0 Å². The van der Waals surface area contributed by atoms with Crippen LogP contribution in [0.4, 0.5) is 11.4 Å². The lowest BCUT2D eigenvalue weighted by atomic mass is 9.78. The van der Waals surface area contributed by atoms with Crippen LogP contribution in [-0.4, -0.2) is 17.8 Å². The molecule has 7 heteroatoms. The van der Waals surface area contributed by atoms with Crippen LogP contribution in [0.3, 0.4) is 0 Å². The predicted octanol–water partition coefficient (Wildman–Crippen LogP) is 0.526. The Morgan fingerprint density at radius 3 is 2.65 bits per heavy atom. The summed E-state index contributed by atoms with van der Waals surface area (Å²) >= 11 is 0. The monoisotopic (exact) mass is 274 g/mol. The van der Waals surface area contributed by atoms with Gasteiger partial charge in [-0.25, -0.2) is 4.99 Å². The molecular formula is C13H18N6O. The van der Waals surface area contributed by atoms with Crippen LogP contribution in [-0.2, 0) is 10.2 Å². The minimum absolute atomic E-state index is 0.0131. The highest BCUT2D eigenvalue weighted by atomic mass is 16.1. The Morgan fingerprint density at radius 2 is 2.00 bits per heavy atom. The fourth-order valence-corrected chi connectivity index (χ4v) is 2.28. The summed E-state index contributed by atoms with van der Waals surface area (Å²) < 4.78 is 0. The number of anilines is 1. The number of carbonyl (C=O) groups is 1. The van der Waals surface area contributed by atoms with E-state index < -0.39 is 0 Å². The molecule has 1 aromatic rings. The summed E-state index contributed by atoms with van der Waals surface area (Å²) in [5.74, 6) is -0.203. The Bertz CT molecular complexity index is 613. The van der Waals surface area contributed by atoms with Crippen molar-refractivity contribution in [2.24, 2.45) is 27.2 Å². The summed E-state index contributed by atoms with van der Waals surface area (Å²) in [6.45, 7) is 4.06. The molecule has 7 N–H and O–H groups in total. The Kier molecular flexibility index (Phi) is 3.35. The molecule has 0 spiro atoms. The summed E-state index contributed by atoms with van der Waals surface area (Å²) in [5, 5.41) is 2.84. The second kappa shape index (κ2) is 4.84. The molecule has 7 nitrogen and oxygen atoms in total. The molecule has 1 aliphatic rings. The highest BCUT2D eigenvalue weighted by Crippen LogP contribution is 2.38. The maximum Gasteiger partial charge on any atom is 0.225 e. The minimum atomic E-state index is -0.203. The van der Waals surface area contributed by atoms with E-state index in [1.165, 1.54) is 0 Å². The lowest BCUT2D eigenvalue weighted by Gasteiger charge is -2.32. The molecule has 106 valence electrons. The number of nitrogens with one attached hydrogen (secondary N) is 1. The first-order chi connectivity index (χ1) is 9.28. The van der Waals surface area contributed by atoms with Gasteiger partial charge in [-0.3, -0.25) is 4.79 Å². The van der Waals surface area contributed by atoms with Crippen LogP contribution in [0, 0.1) is 0 Å². The first kappa shape index (κ1) is 13.9. The average Bonchev–Trinajstić information content (AvgIpc) is 2.25. The largest absolute Gasteiger partial charge is 0.370 e. The smallest absolute Gasteiger partial charge is 0.225 e. The molecule has 2 rings (SSSR count). The summed E-state index contributed by atoms with van der Waals surface area (Å²) in [6, 6.07) is 5.49. The van der Waals surface area contributed by atoms with Crippen molar-refractivity contribution in [3.8, 4) is 0 Å². The quantitative estimate of drug-likeness (QED) is 0.439. The Balaban J connectivity index is 2.40. The van der Waals surface area contributed by atoms with Crippen molar-refractivity contribution in [3.63, 3.8) is 0 Å². The molecule has 1 amide bonds. The van der Waals surface area contributed by atoms with Crippen LogP contribution >= 0.6 is 0 Å². The van der Waals surface area contributed by atoms with Crippen molar-refractivity contribution in [1.29, 1.82) is 0 Å². The number of fused-ring (bicyclic) bond motifs is 1. The van der Waals surface area contributed by atoms with E-state index >= 15 is 0 Å². The van der Waals surface area contributed by atoms with Crippen molar-refractivity contribution in [2.45, 2.75) is 25.7 Å². The molecule has 0 unspecified atom stereocenters. The van der Waals surface area contributed by atoms with Gasteiger partial charge in [0.05, 0.1) is 5.69 Å². The molecule has 20 heavy (non-hydrogen) atoms. The Morgan fingerprint density at radius 1 is 1.30 bits per heavy atom. The molecule has 0 bridgehead atoms. The van der Waals surface area contributed by atoms with Gasteiger partial charge in [0, 0.05) is 17.5 Å². The highest BCUT2D eigenvalue weighted by molar-refractivity contribution is 5.97. The van der Waals surface area contributed by atoms with Crippen molar-refractivity contribution in [3.05, 3.63) is 23.8 Å². The number of aliphatic imine (C=N–C) groups is 2. The topological polar surface area (TPSA) is 132 Å². The lowest BCUT2D eigenvalue weighted by Crippen LogP contribution is -2.32. The van der Waals surface area contributed by atoms with Gasteiger partial charge >= 0.3 is 0 Å². The third-order valence-corrected chi connectivity index (χ3v) is 3.10. The van der Waals surface area contributed by atoms with Gasteiger partial charge in [0.25, 0.3) is 0 Å². The van der Waals surface area contributed by atoms with E-state index in [0.717, 1.165) is 11.3 Å². The zero-order valence-corrected chi connectivity index (χ0v) is 11.5. The van der Waals surface area contributed by atoms with Crippen LogP contribution in [0.15, 0.2) is 28.2 Å². The van der Waals surface area contributed by atoms with Crippen LogP contribution < -0.4 is 22.5 Å². The standard InChI is InChI=1S/C13H18N6O/c1-13(2)6-10(20)18-9-5-7(3-4-8(9)13)17-12(16)19-11(14)15/h3-5H,6H2,1-2H3,(H,18,20)(H6,14,15,16,17,19). The highest BCUT2D eigenvalue weighted by Gasteiger charge is 2.31. The molecule has 1 aromatic carbocycles. The Labute approximate surface area is 117 Å². The number of nitrogens with zero attached hydrogens (tertiary/aromatic N) is 2. The third-order valence-electron chi connectivity index (χ3n) is 3.10. The van der Waals surface area contributed by atoms with Gasteiger partial charge in [0.1, 0.15) is 0 Å². The summed E-state index contributed by atoms with van der Waals surface area (Å²) in [6.07, 6.45) is 0.457. The van der Waals surface area contributed by atoms with Crippen LogP contribution in [0.2, 0.25) is 0 Å². The second-order valence-corrected chi connectivity index (χ2v) is 5.35. The summed E-state index contributed by atoms with van der Waals surface area (Å²) in [5.41, 5.74) is 18.2. The average molecular weight is 274 g/mol. The van der Waals surface area contributed by atoms with Crippen molar-refractivity contribution in [2.75, 3.05) is 5.32 Å². The van der Waals surface area contributed by atoms with E-state index in [1.54, 1.807) is 6.07 Å². The minimum Gasteiger partial charge on any atom is -0.370 e. The third kappa shape index (κ3) is 2.87. The van der Waals surface area contributed by atoms with Gasteiger partial charge in [-0.15, -0.1) is 0 Å². The lowest BCUT2D eigenvalue weighted by molar-refractivity contribution is -0.117. The van der Waals surface area contributed by atoms with Gasteiger partial charge in [0.2, 0.25) is 11.9 Å². The number of amides is 1. The SMILES string of the molecule is CC1(C)CC(=O)Nc2cc(N=C(N)N=C(N)N)ccc21. The van der Waals surface area contributed by atoms with E-state index in [0.29, 0.717) is 12.1 Å². The number of rotatable bonds is 1. The number of nitrogens with two attached hydrogens (primary N) is 3. The maximum atomic E-state index is 11.7. The number of hydrogen-bond acceptors (Lipinski definition) is 2. The fourth-order valence-electron chi connectivity index (χ4n) is 2.28. The number of benzene rings is 1. The van der Waals surface area contributed by atoms with Crippen molar-refractivity contribution >= 4 is 29.2 Å². The fraction of sp³-hybridized carbons (Fsp3) is 0.308. The summed E-state index contributed by atoms with van der Waals surface area (Å²) in [4.78, 5) is 19.4. The zero-order chi connectivity index (χ0) is 14.9. The van der Waals surface area contributed by atoms with Crippen molar-refractivity contribution < 1.29 is 4.79 Å². The van der Waals surface area contributed by atoms with E-state index in [2.05, 4.69) is 15.3 Å². The van der Waals surface area contributed by atoms with Crippen LogP contribution in [0.1, 0.15) is 25.8 Å².